The Hall–Kier alpha value is -1.14. The van der Waals surface area contributed by atoms with Crippen molar-refractivity contribution in [1.82, 2.24) is 0 Å². The third kappa shape index (κ3) is 2.45. The lowest BCUT2D eigenvalue weighted by Crippen LogP contribution is -2.19. The second kappa shape index (κ2) is 4.16. The van der Waals surface area contributed by atoms with Crippen molar-refractivity contribution < 1.29 is 22.7 Å². The number of halogens is 4. The van der Waals surface area contributed by atoms with Gasteiger partial charge in [0.05, 0.1) is 11.7 Å². The first-order valence-electron chi connectivity index (χ1n) is 4.11. The smallest absolute Gasteiger partial charge is 0.387 e. The van der Waals surface area contributed by atoms with Crippen molar-refractivity contribution in [2.75, 3.05) is 6.54 Å². The maximum atomic E-state index is 13.0. The standard InChI is InChI=1S/C9H9F4NO/c10-6-3-1-2-5(7(15)4-14)8(6)9(11,12)13/h1-3,7,15H,4,14H2. The molecule has 0 heterocycles. The molecule has 0 saturated carbocycles. The van der Waals surface area contributed by atoms with Crippen molar-refractivity contribution >= 4 is 0 Å². The van der Waals surface area contributed by atoms with E-state index < -0.39 is 35.8 Å². The van der Waals surface area contributed by atoms with Crippen molar-refractivity contribution in [3.05, 3.63) is 35.1 Å². The first-order valence-corrected chi connectivity index (χ1v) is 4.11. The van der Waals surface area contributed by atoms with Gasteiger partial charge in [-0.2, -0.15) is 13.2 Å². The Kier molecular flexibility index (Phi) is 3.31. The monoisotopic (exact) mass is 223 g/mol. The van der Waals surface area contributed by atoms with Crippen molar-refractivity contribution in [2.45, 2.75) is 12.3 Å². The Morgan fingerprint density at radius 2 is 1.93 bits per heavy atom. The van der Waals surface area contributed by atoms with Gasteiger partial charge in [-0.05, 0) is 11.6 Å². The summed E-state index contributed by atoms with van der Waals surface area (Å²) in [6.07, 6.45) is -6.35. The molecule has 84 valence electrons. The number of aliphatic hydroxyl groups excluding tert-OH is 1. The van der Waals surface area contributed by atoms with Gasteiger partial charge in [0.1, 0.15) is 5.82 Å². The Balaban J connectivity index is 3.33. The predicted octanol–water partition coefficient (Wildman–Crippen LogP) is 1.84. The van der Waals surface area contributed by atoms with Crippen molar-refractivity contribution in [3.63, 3.8) is 0 Å². The second-order valence-corrected chi connectivity index (χ2v) is 2.95. The fourth-order valence-corrected chi connectivity index (χ4v) is 1.24. The minimum atomic E-state index is -4.84. The highest BCUT2D eigenvalue weighted by atomic mass is 19.4. The molecule has 0 spiro atoms. The summed E-state index contributed by atoms with van der Waals surface area (Å²) in [5.41, 5.74) is 3.03. The quantitative estimate of drug-likeness (QED) is 0.751. The summed E-state index contributed by atoms with van der Waals surface area (Å²) in [7, 11) is 0. The molecule has 0 aliphatic rings. The second-order valence-electron chi connectivity index (χ2n) is 2.95. The van der Waals surface area contributed by atoms with Crippen LogP contribution in [0.25, 0.3) is 0 Å². The molecular formula is C9H9F4NO. The summed E-state index contributed by atoms with van der Waals surface area (Å²) in [6, 6.07) is 2.79. The average molecular weight is 223 g/mol. The SMILES string of the molecule is NCC(O)c1cccc(F)c1C(F)(F)F. The summed E-state index contributed by atoms with van der Waals surface area (Å²) in [5, 5.41) is 9.21. The molecule has 0 aliphatic heterocycles. The maximum Gasteiger partial charge on any atom is 0.419 e. The van der Waals surface area contributed by atoms with Crippen molar-refractivity contribution in [2.24, 2.45) is 5.73 Å². The lowest BCUT2D eigenvalue weighted by molar-refractivity contribution is -0.141. The first kappa shape index (κ1) is 11.9. The Labute approximate surface area is 83.3 Å². The molecule has 2 nitrogen and oxygen atoms in total. The minimum absolute atomic E-state index is 0.396. The van der Waals surface area contributed by atoms with E-state index in [2.05, 4.69) is 0 Å². The number of nitrogens with two attached hydrogens (primary N) is 1. The molecule has 1 aromatic carbocycles. The highest BCUT2D eigenvalue weighted by Crippen LogP contribution is 2.36. The van der Waals surface area contributed by atoms with Crippen LogP contribution in [0.3, 0.4) is 0 Å². The van der Waals surface area contributed by atoms with Gasteiger partial charge in [-0.1, -0.05) is 12.1 Å². The summed E-state index contributed by atoms with van der Waals surface area (Å²) in [6.45, 7) is -0.396. The van der Waals surface area contributed by atoms with Crippen LogP contribution in [-0.2, 0) is 6.18 Å². The van der Waals surface area contributed by atoms with Gasteiger partial charge in [-0.15, -0.1) is 0 Å². The van der Waals surface area contributed by atoms with E-state index >= 15 is 0 Å². The zero-order chi connectivity index (χ0) is 11.6. The van der Waals surface area contributed by atoms with Gasteiger partial charge < -0.3 is 10.8 Å². The van der Waals surface area contributed by atoms with Crippen LogP contribution in [0.2, 0.25) is 0 Å². The molecule has 6 heteroatoms. The fraction of sp³-hybridized carbons (Fsp3) is 0.333. The number of alkyl halides is 3. The lowest BCUT2D eigenvalue weighted by Gasteiger charge is -2.16. The van der Waals surface area contributed by atoms with Gasteiger partial charge in [0, 0.05) is 6.54 Å². The summed E-state index contributed by atoms with van der Waals surface area (Å²) < 4.78 is 50.2. The minimum Gasteiger partial charge on any atom is -0.387 e. The highest BCUT2D eigenvalue weighted by molar-refractivity contribution is 5.33. The van der Waals surface area contributed by atoms with Crippen molar-refractivity contribution in [3.8, 4) is 0 Å². The van der Waals surface area contributed by atoms with Crippen molar-refractivity contribution in [1.29, 1.82) is 0 Å². The molecule has 1 aromatic rings. The van der Waals surface area contributed by atoms with Crippen LogP contribution in [0, 0.1) is 5.82 Å². The third-order valence-corrected chi connectivity index (χ3v) is 1.91. The van der Waals surface area contributed by atoms with Crippen LogP contribution in [-0.4, -0.2) is 11.7 Å². The van der Waals surface area contributed by atoms with E-state index in [9.17, 15) is 22.7 Å². The topological polar surface area (TPSA) is 46.2 Å². The van der Waals surface area contributed by atoms with Crippen LogP contribution >= 0.6 is 0 Å². The number of hydrogen-bond acceptors (Lipinski definition) is 2. The van der Waals surface area contributed by atoms with E-state index in [-0.39, 0.29) is 0 Å². The maximum absolute atomic E-state index is 13.0. The molecule has 0 bridgehead atoms. The van der Waals surface area contributed by atoms with Crippen LogP contribution in [0.1, 0.15) is 17.2 Å². The molecular weight excluding hydrogens is 214 g/mol. The molecule has 0 amide bonds. The van der Waals surface area contributed by atoms with Gasteiger partial charge in [0.25, 0.3) is 0 Å². The highest BCUT2D eigenvalue weighted by Gasteiger charge is 2.37. The molecule has 0 radical (unpaired) electrons. The van der Waals surface area contributed by atoms with E-state index in [4.69, 9.17) is 5.73 Å². The molecule has 15 heavy (non-hydrogen) atoms. The number of aliphatic hydroxyl groups is 1. The van der Waals surface area contributed by atoms with E-state index in [1.54, 1.807) is 0 Å². The van der Waals surface area contributed by atoms with Gasteiger partial charge in [0.15, 0.2) is 0 Å². The van der Waals surface area contributed by atoms with E-state index in [1.807, 2.05) is 0 Å². The molecule has 0 saturated heterocycles. The molecule has 3 N–H and O–H groups in total. The first-order chi connectivity index (χ1) is 6.88. The molecule has 1 atom stereocenters. The zero-order valence-electron chi connectivity index (χ0n) is 7.55. The molecule has 0 aliphatic carbocycles. The van der Waals surface area contributed by atoms with Crippen LogP contribution < -0.4 is 5.73 Å². The molecule has 0 aromatic heterocycles. The Bertz CT molecular complexity index is 350. The largest absolute Gasteiger partial charge is 0.419 e. The van der Waals surface area contributed by atoms with E-state index in [1.165, 1.54) is 0 Å². The van der Waals surface area contributed by atoms with Gasteiger partial charge in [-0.3, -0.25) is 0 Å². The van der Waals surface area contributed by atoms with Crippen LogP contribution in [0.4, 0.5) is 17.6 Å². The average Bonchev–Trinajstić information content (AvgIpc) is 2.14. The normalized spacial score (nSPS) is 14.0. The fourth-order valence-electron chi connectivity index (χ4n) is 1.24. The number of hydrogen-bond donors (Lipinski definition) is 2. The Morgan fingerprint density at radius 3 is 2.40 bits per heavy atom. The number of rotatable bonds is 2. The van der Waals surface area contributed by atoms with E-state index in [0.29, 0.717) is 6.07 Å². The summed E-state index contributed by atoms with van der Waals surface area (Å²) >= 11 is 0. The molecule has 0 fully saturated rings. The summed E-state index contributed by atoms with van der Waals surface area (Å²) in [5.74, 6) is -1.41. The van der Waals surface area contributed by atoms with E-state index in [0.717, 1.165) is 12.1 Å². The van der Waals surface area contributed by atoms with Gasteiger partial charge in [0.2, 0.25) is 0 Å². The molecule has 1 rings (SSSR count). The number of benzene rings is 1. The third-order valence-electron chi connectivity index (χ3n) is 1.91. The van der Waals surface area contributed by atoms with Crippen LogP contribution in [0.5, 0.6) is 0 Å². The zero-order valence-corrected chi connectivity index (χ0v) is 7.55. The van der Waals surface area contributed by atoms with Gasteiger partial charge in [-0.25, -0.2) is 4.39 Å². The Morgan fingerprint density at radius 1 is 1.33 bits per heavy atom. The summed E-state index contributed by atoms with van der Waals surface area (Å²) in [4.78, 5) is 0. The lowest BCUT2D eigenvalue weighted by atomic mass is 10.0. The van der Waals surface area contributed by atoms with Crippen LogP contribution in [0.15, 0.2) is 18.2 Å². The van der Waals surface area contributed by atoms with Gasteiger partial charge >= 0.3 is 6.18 Å². The predicted molar refractivity (Wildman–Crippen MR) is 45.4 cm³/mol. The molecule has 1 unspecified atom stereocenters.